The van der Waals surface area contributed by atoms with Gasteiger partial charge >= 0.3 is 12.4 Å². The molecule has 33 heavy (non-hydrogen) atoms. The molecule has 11 heteroatoms. The molecular formula is C22H16F7N3O. The highest BCUT2D eigenvalue weighted by molar-refractivity contribution is 5.56. The van der Waals surface area contributed by atoms with Gasteiger partial charge in [-0.15, -0.1) is 0 Å². The lowest BCUT2D eigenvalue weighted by Crippen LogP contribution is -2.35. The Bertz CT molecular complexity index is 1230. The molecule has 0 bridgehead atoms. The third-order valence-electron chi connectivity index (χ3n) is 5.33. The predicted molar refractivity (Wildman–Crippen MR) is 105 cm³/mol. The lowest BCUT2D eigenvalue weighted by molar-refractivity contribution is -0.138. The first-order chi connectivity index (χ1) is 15.4. The van der Waals surface area contributed by atoms with E-state index in [0.29, 0.717) is 23.9 Å². The summed E-state index contributed by atoms with van der Waals surface area (Å²) in [7, 11) is 0. The van der Waals surface area contributed by atoms with Crippen molar-refractivity contribution < 1.29 is 30.7 Å². The van der Waals surface area contributed by atoms with Crippen LogP contribution >= 0.6 is 0 Å². The Morgan fingerprint density at radius 2 is 1.61 bits per heavy atom. The number of rotatable bonds is 3. The van der Waals surface area contributed by atoms with Crippen molar-refractivity contribution >= 4 is 0 Å². The minimum atomic E-state index is -4.68. The fourth-order valence-electron chi connectivity index (χ4n) is 3.75. The number of nitrogens with zero attached hydrogens (tertiary/aromatic N) is 2. The Balaban J connectivity index is 1.59. The smallest absolute Gasteiger partial charge is 0.306 e. The third-order valence-corrected chi connectivity index (χ3v) is 5.33. The maximum atomic E-state index is 13.7. The molecule has 0 saturated carbocycles. The van der Waals surface area contributed by atoms with Crippen LogP contribution < -0.4 is 5.56 Å². The second-order valence-corrected chi connectivity index (χ2v) is 7.72. The number of halogens is 7. The van der Waals surface area contributed by atoms with Crippen LogP contribution in [0.1, 0.15) is 27.9 Å². The van der Waals surface area contributed by atoms with Crippen molar-refractivity contribution in [2.45, 2.75) is 31.9 Å². The van der Waals surface area contributed by atoms with Gasteiger partial charge in [0.25, 0.3) is 5.56 Å². The molecule has 1 aliphatic rings. The van der Waals surface area contributed by atoms with Gasteiger partial charge in [0.15, 0.2) is 0 Å². The molecule has 0 atom stereocenters. The summed E-state index contributed by atoms with van der Waals surface area (Å²) in [6.07, 6.45) is -8.91. The standard InChI is InChI=1S/C22H16F7N3O/c23-16-8-12(7-15(9-16)22(27,28)29)10-32-6-5-17-18(11-32)30-19(31-20(17)33)13-1-3-14(4-2-13)21(24,25)26/h1-4,7-9H,5-6,10-11H2,(H,30,31,33). The Morgan fingerprint density at radius 1 is 0.939 bits per heavy atom. The molecule has 1 N–H and O–H groups in total. The van der Waals surface area contributed by atoms with Gasteiger partial charge in [-0.2, -0.15) is 26.3 Å². The molecular weight excluding hydrogens is 455 g/mol. The number of H-pyrrole nitrogens is 1. The summed E-state index contributed by atoms with van der Waals surface area (Å²) < 4.78 is 91.0. The minimum Gasteiger partial charge on any atom is -0.306 e. The van der Waals surface area contributed by atoms with E-state index in [1.807, 2.05) is 0 Å². The Hall–Kier alpha value is -3.21. The Labute approximate surface area is 182 Å². The van der Waals surface area contributed by atoms with Gasteiger partial charge in [-0.25, -0.2) is 9.37 Å². The zero-order valence-corrected chi connectivity index (χ0v) is 16.8. The molecule has 4 nitrogen and oxygen atoms in total. The van der Waals surface area contributed by atoms with Crippen LogP contribution in [0.4, 0.5) is 30.7 Å². The van der Waals surface area contributed by atoms with Gasteiger partial charge in [-0.05, 0) is 42.3 Å². The van der Waals surface area contributed by atoms with E-state index in [9.17, 15) is 35.5 Å². The SMILES string of the molecule is O=c1[nH]c(-c2ccc(C(F)(F)F)cc2)nc2c1CCN(Cc1cc(F)cc(C(F)(F)F)c1)C2. The molecule has 0 spiro atoms. The second-order valence-electron chi connectivity index (χ2n) is 7.72. The number of alkyl halides is 6. The maximum absolute atomic E-state index is 13.7. The van der Waals surface area contributed by atoms with E-state index in [1.165, 1.54) is 12.1 Å². The number of nitrogens with one attached hydrogen (secondary N) is 1. The quantitative estimate of drug-likeness (QED) is 0.537. The van der Waals surface area contributed by atoms with Gasteiger partial charge in [-0.1, -0.05) is 12.1 Å². The molecule has 3 aromatic rings. The number of benzene rings is 2. The van der Waals surface area contributed by atoms with Gasteiger partial charge in [0.1, 0.15) is 11.6 Å². The number of hydrogen-bond donors (Lipinski definition) is 1. The topological polar surface area (TPSA) is 49.0 Å². The zero-order chi connectivity index (χ0) is 24.0. The molecule has 174 valence electrons. The van der Waals surface area contributed by atoms with Gasteiger partial charge in [0.05, 0.1) is 16.8 Å². The highest BCUT2D eigenvalue weighted by atomic mass is 19.4. The molecule has 0 unspecified atom stereocenters. The van der Waals surface area contributed by atoms with E-state index in [-0.39, 0.29) is 36.5 Å². The average Bonchev–Trinajstić information content (AvgIpc) is 2.72. The number of aromatic nitrogens is 2. The highest BCUT2D eigenvalue weighted by Gasteiger charge is 2.32. The first-order valence-electron chi connectivity index (χ1n) is 9.79. The molecule has 0 fully saturated rings. The van der Waals surface area contributed by atoms with Gasteiger partial charge < -0.3 is 4.98 Å². The summed E-state index contributed by atoms with van der Waals surface area (Å²) in [5.41, 5.74) is -1.19. The van der Waals surface area contributed by atoms with Crippen molar-refractivity contribution in [2.24, 2.45) is 0 Å². The van der Waals surface area contributed by atoms with Crippen molar-refractivity contribution in [1.29, 1.82) is 0 Å². The van der Waals surface area contributed by atoms with Crippen LogP contribution in [0.25, 0.3) is 11.4 Å². The predicted octanol–water partition coefficient (Wildman–Crippen LogP) is 5.17. The molecule has 2 heterocycles. The molecule has 0 aliphatic carbocycles. The van der Waals surface area contributed by atoms with E-state index in [4.69, 9.17) is 0 Å². The minimum absolute atomic E-state index is 0.00434. The van der Waals surface area contributed by atoms with Crippen molar-refractivity contribution in [3.63, 3.8) is 0 Å². The van der Waals surface area contributed by atoms with Crippen molar-refractivity contribution in [1.82, 2.24) is 14.9 Å². The maximum Gasteiger partial charge on any atom is 0.416 e. The number of hydrogen-bond acceptors (Lipinski definition) is 3. The number of fused-ring (bicyclic) bond motifs is 1. The first kappa shape index (κ1) is 23.0. The van der Waals surface area contributed by atoms with E-state index in [2.05, 4.69) is 9.97 Å². The van der Waals surface area contributed by atoms with Gasteiger partial charge in [0, 0.05) is 30.8 Å². The van der Waals surface area contributed by atoms with Crippen LogP contribution in [0.5, 0.6) is 0 Å². The first-order valence-corrected chi connectivity index (χ1v) is 9.79. The van der Waals surface area contributed by atoms with Crippen LogP contribution in [-0.2, 0) is 31.9 Å². The fraction of sp³-hybridized carbons (Fsp3) is 0.273. The summed E-state index contributed by atoms with van der Waals surface area (Å²) in [6.45, 7) is 0.463. The van der Waals surface area contributed by atoms with E-state index >= 15 is 0 Å². The lowest BCUT2D eigenvalue weighted by Gasteiger charge is -2.28. The van der Waals surface area contributed by atoms with E-state index in [1.54, 1.807) is 4.90 Å². The third kappa shape index (κ3) is 5.08. The summed E-state index contributed by atoms with van der Waals surface area (Å²) in [4.78, 5) is 21.1. The summed E-state index contributed by atoms with van der Waals surface area (Å²) in [5, 5.41) is 0. The molecule has 1 aromatic heterocycles. The van der Waals surface area contributed by atoms with E-state index in [0.717, 1.165) is 24.3 Å². The van der Waals surface area contributed by atoms with Crippen molar-refractivity contribution in [3.8, 4) is 11.4 Å². The van der Waals surface area contributed by atoms with Crippen LogP contribution in [0.3, 0.4) is 0 Å². The summed E-state index contributed by atoms with van der Waals surface area (Å²) >= 11 is 0. The summed E-state index contributed by atoms with van der Waals surface area (Å²) in [5.74, 6) is -0.921. The van der Waals surface area contributed by atoms with E-state index < -0.39 is 34.9 Å². The Kier molecular flexibility index (Phi) is 5.77. The monoisotopic (exact) mass is 471 g/mol. The van der Waals surface area contributed by atoms with Crippen LogP contribution in [0.2, 0.25) is 0 Å². The molecule has 1 aliphatic heterocycles. The largest absolute Gasteiger partial charge is 0.416 e. The fourth-order valence-corrected chi connectivity index (χ4v) is 3.75. The second kappa shape index (κ2) is 8.29. The van der Waals surface area contributed by atoms with Crippen LogP contribution in [0, 0.1) is 5.82 Å². The van der Waals surface area contributed by atoms with Crippen molar-refractivity contribution in [2.75, 3.05) is 6.54 Å². The van der Waals surface area contributed by atoms with Gasteiger partial charge in [0.2, 0.25) is 0 Å². The van der Waals surface area contributed by atoms with Crippen molar-refractivity contribution in [3.05, 3.63) is 86.6 Å². The summed E-state index contributed by atoms with van der Waals surface area (Å²) in [6, 6.07) is 6.46. The molecule has 0 amide bonds. The number of aromatic amines is 1. The molecule has 0 saturated heterocycles. The molecule has 2 aromatic carbocycles. The molecule has 0 radical (unpaired) electrons. The zero-order valence-electron chi connectivity index (χ0n) is 16.8. The van der Waals surface area contributed by atoms with Gasteiger partial charge in [-0.3, -0.25) is 9.69 Å². The Morgan fingerprint density at radius 3 is 2.24 bits per heavy atom. The average molecular weight is 471 g/mol. The normalized spacial score (nSPS) is 14.9. The highest BCUT2D eigenvalue weighted by Crippen LogP contribution is 2.32. The van der Waals surface area contributed by atoms with Crippen LogP contribution in [0.15, 0.2) is 47.3 Å². The molecule has 4 rings (SSSR count). The lowest BCUT2D eigenvalue weighted by atomic mass is 10.0. The van der Waals surface area contributed by atoms with Crippen LogP contribution in [-0.4, -0.2) is 21.4 Å².